The van der Waals surface area contributed by atoms with Gasteiger partial charge in [0, 0.05) is 38.5 Å². The number of hydrogen-bond donors (Lipinski definition) is 1. The van der Waals surface area contributed by atoms with Crippen LogP contribution in [0.25, 0.3) is 0 Å². The van der Waals surface area contributed by atoms with Crippen LogP contribution in [0.3, 0.4) is 0 Å². The van der Waals surface area contributed by atoms with Crippen LogP contribution < -0.4 is 5.32 Å². The molecule has 0 spiro atoms. The lowest BCUT2D eigenvalue weighted by molar-refractivity contribution is -0.129. The van der Waals surface area contributed by atoms with E-state index in [4.69, 9.17) is 4.74 Å². The molecule has 2 atom stereocenters. The number of aryl methyl sites for hydroxylation is 1. The molecule has 5 nitrogen and oxygen atoms in total. The van der Waals surface area contributed by atoms with Crippen molar-refractivity contribution in [3.8, 4) is 0 Å². The smallest absolute Gasteiger partial charge is 0.225 e. The number of rotatable bonds is 3. The lowest BCUT2D eigenvalue weighted by Gasteiger charge is -2.26. The van der Waals surface area contributed by atoms with E-state index in [1.165, 1.54) is 5.82 Å². The summed E-state index contributed by atoms with van der Waals surface area (Å²) in [7, 11) is 0. The molecule has 1 aromatic heterocycles. The van der Waals surface area contributed by atoms with Crippen LogP contribution >= 0.6 is 0 Å². The zero-order chi connectivity index (χ0) is 13.1. The van der Waals surface area contributed by atoms with Gasteiger partial charge in [-0.1, -0.05) is 0 Å². The number of carbonyl (C=O) groups is 1. The van der Waals surface area contributed by atoms with Crippen molar-refractivity contribution in [2.45, 2.75) is 32.2 Å². The van der Waals surface area contributed by atoms with E-state index in [1.54, 1.807) is 0 Å². The Labute approximate surface area is 113 Å². The fraction of sp³-hybridized carbons (Fsp3) is 0.714. The van der Waals surface area contributed by atoms with E-state index in [9.17, 15) is 4.79 Å². The van der Waals surface area contributed by atoms with Crippen LogP contribution in [0.4, 0.5) is 0 Å². The number of aromatic nitrogens is 2. The molecule has 2 aliphatic heterocycles. The second-order valence-electron chi connectivity index (χ2n) is 5.56. The largest absolute Gasteiger partial charge is 0.381 e. The van der Waals surface area contributed by atoms with Crippen molar-refractivity contribution in [3.63, 3.8) is 0 Å². The highest BCUT2D eigenvalue weighted by Crippen LogP contribution is 2.18. The van der Waals surface area contributed by atoms with E-state index in [-0.39, 0.29) is 11.8 Å². The van der Waals surface area contributed by atoms with E-state index in [1.807, 2.05) is 12.4 Å². The summed E-state index contributed by atoms with van der Waals surface area (Å²) in [6.07, 6.45) is 7.97. The maximum absolute atomic E-state index is 12.0. The number of amides is 1. The Morgan fingerprint density at radius 2 is 2.47 bits per heavy atom. The Morgan fingerprint density at radius 3 is 3.32 bits per heavy atom. The van der Waals surface area contributed by atoms with E-state index in [0.717, 1.165) is 45.4 Å². The molecule has 1 aromatic rings. The van der Waals surface area contributed by atoms with Gasteiger partial charge in [0.05, 0.1) is 12.5 Å². The highest BCUT2D eigenvalue weighted by molar-refractivity contribution is 5.78. The van der Waals surface area contributed by atoms with Gasteiger partial charge in [0.2, 0.25) is 5.91 Å². The number of fused-ring (bicyclic) bond motifs is 1. The van der Waals surface area contributed by atoms with Gasteiger partial charge >= 0.3 is 0 Å². The minimum Gasteiger partial charge on any atom is -0.381 e. The summed E-state index contributed by atoms with van der Waals surface area (Å²) < 4.78 is 7.56. The summed E-state index contributed by atoms with van der Waals surface area (Å²) in [6, 6.07) is 0. The van der Waals surface area contributed by atoms with Gasteiger partial charge in [-0.2, -0.15) is 0 Å². The molecule has 0 unspecified atom stereocenters. The monoisotopic (exact) mass is 263 g/mol. The summed E-state index contributed by atoms with van der Waals surface area (Å²) in [5.41, 5.74) is 0. The second kappa shape index (κ2) is 5.74. The van der Waals surface area contributed by atoms with Crippen molar-refractivity contribution >= 4 is 5.91 Å². The molecule has 3 heterocycles. The molecule has 0 bridgehead atoms. The van der Waals surface area contributed by atoms with Crippen molar-refractivity contribution in [2.75, 3.05) is 19.8 Å². The average Bonchev–Trinajstić information content (AvgIpc) is 2.93. The van der Waals surface area contributed by atoms with Crippen LogP contribution in [0.2, 0.25) is 0 Å². The highest BCUT2D eigenvalue weighted by atomic mass is 16.5. The fourth-order valence-electron chi connectivity index (χ4n) is 2.94. The number of nitrogens with zero attached hydrogens (tertiary/aromatic N) is 2. The minimum absolute atomic E-state index is 0.0566. The molecular weight excluding hydrogens is 242 g/mol. The lowest BCUT2D eigenvalue weighted by atomic mass is 9.98. The van der Waals surface area contributed by atoms with E-state index in [0.29, 0.717) is 12.5 Å². The molecule has 5 heteroatoms. The average molecular weight is 263 g/mol. The molecular formula is C14H21N3O2. The van der Waals surface area contributed by atoms with Gasteiger partial charge in [-0.05, 0) is 25.2 Å². The van der Waals surface area contributed by atoms with Gasteiger partial charge in [0.1, 0.15) is 5.82 Å². The summed E-state index contributed by atoms with van der Waals surface area (Å²) in [5, 5.41) is 3.09. The second-order valence-corrected chi connectivity index (χ2v) is 5.56. The predicted molar refractivity (Wildman–Crippen MR) is 70.6 cm³/mol. The van der Waals surface area contributed by atoms with Gasteiger partial charge in [-0.15, -0.1) is 0 Å². The topological polar surface area (TPSA) is 56.2 Å². The van der Waals surface area contributed by atoms with Crippen LogP contribution in [0.1, 0.15) is 25.1 Å². The lowest BCUT2D eigenvalue weighted by Crippen LogP contribution is -2.39. The highest BCUT2D eigenvalue weighted by Gasteiger charge is 2.24. The normalized spacial score (nSPS) is 26.7. The Kier molecular flexibility index (Phi) is 3.82. The maximum Gasteiger partial charge on any atom is 0.225 e. The van der Waals surface area contributed by atoms with Gasteiger partial charge in [0.25, 0.3) is 0 Å². The van der Waals surface area contributed by atoms with E-state index >= 15 is 0 Å². The SMILES string of the molecule is O=C(NC[C@H]1CCc2nccn2C1)[C@@H]1CCCOC1. The molecule has 0 radical (unpaired) electrons. The molecule has 3 rings (SSSR count). The van der Waals surface area contributed by atoms with Crippen molar-refractivity contribution in [2.24, 2.45) is 11.8 Å². The number of carbonyl (C=O) groups excluding carboxylic acids is 1. The Bertz CT molecular complexity index is 438. The van der Waals surface area contributed by atoms with Crippen LogP contribution in [0.5, 0.6) is 0 Å². The first-order valence-corrected chi connectivity index (χ1v) is 7.18. The van der Waals surface area contributed by atoms with Crippen molar-refractivity contribution in [1.82, 2.24) is 14.9 Å². The zero-order valence-electron chi connectivity index (χ0n) is 11.2. The summed E-state index contributed by atoms with van der Waals surface area (Å²) in [6.45, 7) is 3.13. The van der Waals surface area contributed by atoms with Gasteiger partial charge < -0.3 is 14.6 Å². The Balaban J connectivity index is 1.46. The summed E-state index contributed by atoms with van der Waals surface area (Å²) in [5.74, 6) is 1.91. The molecule has 0 aromatic carbocycles. The molecule has 2 aliphatic rings. The third-order valence-electron chi connectivity index (χ3n) is 4.13. The third-order valence-corrected chi connectivity index (χ3v) is 4.13. The van der Waals surface area contributed by atoms with Gasteiger partial charge in [-0.25, -0.2) is 4.98 Å². The predicted octanol–water partition coefficient (Wildman–Crippen LogP) is 0.988. The third kappa shape index (κ3) is 2.97. The quantitative estimate of drug-likeness (QED) is 0.884. The fourth-order valence-corrected chi connectivity index (χ4v) is 2.94. The van der Waals surface area contributed by atoms with Crippen LogP contribution in [0, 0.1) is 11.8 Å². The molecule has 104 valence electrons. The summed E-state index contributed by atoms with van der Waals surface area (Å²) >= 11 is 0. The van der Waals surface area contributed by atoms with Gasteiger partial charge in [-0.3, -0.25) is 4.79 Å². The maximum atomic E-state index is 12.0. The molecule has 1 N–H and O–H groups in total. The van der Waals surface area contributed by atoms with Gasteiger partial charge in [0.15, 0.2) is 0 Å². The van der Waals surface area contributed by atoms with E-state index in [2.05, 4.69) is 14.9 Å². The van der Waals surface area contributed by atoms with Crippen molar-refractivity contribution in [3.05, 3.63) is 18.2 Å². The first-order chi connectivity index (χ1) is 9.33. The first-order valence-electron chi connectivity index (χ1n) is 7.18. The summed E-state index contributed by atoms with van der Waals surface area (Å²) in [4.78, 5) is 16.3. The Hall–Kier alpha value is -1.36. The number of nitrogens with one attached hydrogen (secondary N) is 1. The number of hydrogen-bond acceptors (Lipinski definition) is 3. The van der Waals surface area contributed by atoms with Crippen LogP contribution in [-0.4, -0.2) is 35.2 Å². The van der Waals surface area contributed by atoms with Crippen molar-refractivity contribution < 1.29 is 9.53 Å². The van der Waals surface area contributed by atoms with Crippen LogP contribution in [0.15, 0.2) is 12.4 Å². The first kappa shape index (κ1) is 12.7. The zero-order valence-corrected chi connectivity index (χ0v) is 11.2. The van der Waals surface area contributed by atoms with Crippen molar-refractivity contribution in [1.29, 1.82) is 0 Å². The molecule has 1 fully saturated rings. The van der Waals surface area contributed by atoms with Crippen LogP contribution in [-0.2, 0) is 22.5 Å². The number of imidazole rings is 1. The Morgan fingerprint density at radius 1 is 1.53 bits per heavy atom. The molecule has 0 aliphatic carbocycles. The van der Waals surface area contributed by atoms with E-state index < -0.39 is 0 Å². The molecule has 1 amide bonds. The number of ether oxygens (including phenoxy) is 1. The molecule has 1 saturated heterocycles. The molecule has 19 heavy (non-hydrogen) atoms. The minimum atomic E-state index is 0.0566. The standard InChI is InChI=1S/C14H21N3O2/c18-14(12-2-1-7-19-10-12)16-8-11-3-4-13-15-5-6-17(13)9-11/h5-6,11-12H,1-4,7-10H2,(H,16,18)/t11-,12-/m1/s1. The molecule has 0 saturated carbocycles.